The Morgan fingerprint density at radius 1 is 1.03 bits per heavy atom. The Morgan fingerprint density at radius 3 is 2.61 bits per heavy atom. The summed E-state index contributed by atoms with van der Waals surface area (Å²) in [5.74, 6) is 2.80. The van der Waals surface area contributed by atoms with E-state index in [4.69, 9.17) is 14.5 Å². The van der Waals surface area contributed by atoms with Crippen molar-refractivity contribution in [3.05, 3.63) is 56.7 Å². The molecule has 1 fully saturated rings. The molecule has 2 aliphatic carbocycles. The number of pyridine rings is 2. The molecule has 4 aliphatic rings. The first-order chi connectivity index (χ1) is 16.1. The molecule has 0 unspecified atom stereocenters. The van der Waals surface area contributed by atoms with Crippen molar-refractivity contribution in [2.24, 2.45) is 0 Å². The van der Waals surface area contributed by atoms with Gasteiger partial charge in [-0.05, 0) is 48.4 Å². The topological polar surface area (TPSA) is 70.4 Å². The van der Waals surface area contributed by atoms with E-state index in [2.05, 4.69) is 6.07 Å². The summed E-state index contributed by atoms with van der Waals surface area (Å²) in [6.45, 7) is 2.74. The zero-order chi connectivity index (χ0) is 22.3. The summed E-state index contributed by atoms with van der Waals surface area (Å²) in [7, 11) is 0. The van der Waals surface area contributed by atoms with E-state index in [1.807, 2.05) is 23.6 Å². The molecule has 33 heavy (non-hydrogen) atoms. The van der Waals surface area contributed by atoms with E-state index in [-0.39, 0.29) is 24.6 Å². The number of Topliss-reactive ketones (excluding diaryl/α,β-unsaturated/α-hetero) is 1. The first kappa shape index (κ1) is 19.3. The Balaban J connectivity index is 1.50. The van der Waals surface area contributed by atoms with Gasteiger partial charge in [0.15, 0.2) is 11.5 Å². The number of nitrogens with zero attached hydrogens (tertiary/aromatic N) is 2. The van der Waals surface area contributed by atoms with Gasteiger partial charge in [0, 0.05) is 29.0 Å². The second-order valence-electron chi connectivity index (χ2n) is 9.66. The molecule has 0 bridgehead atoms. The minimum Gasteiger partial charge on any atom is -0.454 e. The quantitative estimate of drug-likeness (QED) is 0.453. The molecule has 0 amide bonds. The molecule has 6 nitrogen and oxygen atoms in total. The summed E-state index contributed by atoms with van der Waals surface area (Å²) >= 11 is 0. The molecule has 6 heteroatoms. The monoisotopic (exact) mass is 441 g/mol. The second kappa shape index (κ2) is 6.92. The third-order valence-corrected chi connectivity index (χ3v) is 7.95. The number of ether oxygens (including phenoxy) is 2. The fourth-order valence-electron chi connectivity index (χ4n) is 6.39. The number of rotatable bonds is 2. The summed E-state index contributed by atoms with van der Waals surface area (Å²) in [6.07, 6.45) is 6.92. The largest absolute Gasteiger partial charge is 0.454 e. The third kappa shape index (κ3) is 2.63. The number of carbonyl (C=O) groups excluding carboxylic acids is 1. The number of fused-ring (bicyclic) bond motifs is 6. The van der Waals surface area contributed by atoms with Gasteiger partial charge in [0.05, 0.1) is 29.4 Å². The maximum absolute atomic E-state index is 13.5. The molecule has 167 valence electrons. The van der Waals surface area contributed by atoms with Crippen LogP contribution in [0.3, 0.4) is 0 Å². The standard InChI is InChI=1S/C27H25N2O4/c1-2-15-16-8-21-26-19(12-29(21)27(31)17(16)9-22(15)30)25(14-6-4-3-5-7-14)18-10-23-24(33-13-32-23)11-20(18)28-26/h8,10-11,14H,2-7,9,12-13H2,1H3. The highest BCUT2D eigenvalue weighted by molar-refractivity contribution is 6.02. The van der Waals surface area contributed by atoms with Crippen molar-refractivity contribution >= 4 is 16.7 Å². The van der Waals surface area contributed by atoms with Gasteiger partial charge in [-0.1, -0.05) is 26.2 Å². The molecule has 0 spiro atoms. The van der Waals surface area contributed by atoms with Gasteiger partial charge in [-0.3, -0.25) is 9.59 Å². The summed E-state index contributed by atoms with van der Waals surface area (Å²) in [6, 6.07) is 6.11. The Bertz CT molecular complexity index is 1410. The predicted octanol–water partition coefficient (Wildman–Crippen LogP) is 4.66. The van der Waals surface area contributed by atoms with Crippen molar-refractivity contribution in [2.45, 2.75) is 64.3 Å². The van der Waals surface area contributed by atoms with E-state index < -0.39 is 0 Å². The summed E-state index contributed by atoms with van der Waals surface area (Å²) in [5, 5.41) is 1.12. The highest BCUT2D eigenvalue weighted by Crippen LogP contribution is 2.47. The minimum atomic E-state index is -0.0369. The van der Waals surface area contributed by atoms with Gasteiger partial charge in [-0.25, -0.2) is 4.98 Å². The molecular weight excluding hydrogens is 416 g/mol. The first-order valence-electron chi connectivity index (χ1n) is 12.1. The first-order valence-corrected chi connectivity index (χ1v) is 12.1. The van der Waals surface area contributed by atoms with Crippen LogP contribution in [0.25, 0.3) is 22.3 Å². The SMILES string of the molecule is CC[C]1C(=O)Cc2c1cc1n(c2=O)Cc2c-1nc1cc3c(cc1c2C1CCCCC1)OCO3. The molecule has 4 heterocycles. The lowest BCUT2D eigenvalue weighted by Crippen LogP contribution is -2.23. The van der Waals surface area contributed by atoms with Crippen molar-refractivity contribution in [2.75, 3.05) is 6.79 Å². The van der Waals surface area contributed by atoms with Gasteiger partial charge in [0.1, 0.15) is 5.78 Å². The number of hydrogen-bond donors (Lipinski definition) is 0. The van der Waals surface area contributed by atoms with Crippen molar-refractivity contribution in [3.8, 4) is 22.9 Å². The minimum absolute atomic E-state index is 0.0369. The molecular formula is C27H25N2O4. The van der Waals surface area contributed by atoms with Crippen molar-refractivity contribution in [1.29, 1.82) is 0 Å². The van der Waals surface area contributed by atoms with Gasteiger partial charge in [0.2, 0.25) is 6.79 Å². The summed E-state index contributed by atoms with van der Waals surface area (Å²) < 4.78 is 13.2. The van der Waals surface area contributed by atoms with Gasteiger partial charge >= 0.3 is 0 Å². The lowest BCUT2D eigenvalue weighted by molar-refractivity contribution is -0.115. The maximum Gasteiger partial charge on any atom is 0.255 e. The van der Waals surface area contributed by atoms with E-state index in [0.717, 1.165) is 58.1 Å². The Labute approximate surface area is 191 Å². The zero-order valence-corrected chi connectivity index (χ0v) is 18.7. The van der Waals surface area contributed by atoms with E-state index in [1.54, 1.807) is 0 Å². The van der Waals surface area contributed by atoms with Gasteiger partial charge in [0.25, 0.3) is 5.56 Å². The molecule has 2 aromatic heterocycles. The summed E-state index contributed by atoms with van der Waals surface area (Å²) in [4.78, 5) is 31.1. The third-order valence-electron chi connectivity index (χ3n) is 7.95. The normalized spacial score (nSPS) is 19.2. The number of carbonyl (C=O) groups is 1. The Hall–Kier alpha value is -3.15. The van der Waals surface area contributed by atoms with Gasteiger partial charge in [-0.2, -0.15) is 0 Å². The number of benzene rings is 1. The number of ketones is 1. The highest BCUT2D eigenvalue weighted by Gasteiger charge is 2.37. The Morgan fingerprint density at radius 2 is 1.82 bits per heavy atom. The zero-order valence-electron chi connectivity index (χ0n) is 18.7. The molecule has 0 saturated heterocycles. The number of aromatic nitrogens is 2. The molecule has 0 atom stereocenters. The van der Waals surface area contributed by atoms with Crippen LogP contribution in [0.4, 0.5) is 0 Å². The predicted molar refractivity (Wildman–Crippen MR) is 124 cm³/mol. The fourth-order valence-corrected chi connectivity index (χ4v) is 6.39. The van der Waals surface area contributed by atoms with Crippen LogP contribution in [0.2, 0.25) is 0 Å². The molecule has 2 aliphatic heterocycles. The summed E-state index contributed by atoms with van der Waals surface area (Å²) in [5.41, 5.74) is 6.55. The van der Waals surface area contributed by atoms with E-state index in [1.165, 1.54) is 30.4 Å². The van der Waals surface area contributed by atoms with Crippen LogP contribution in [0.5, 0.6) is 11.5 Å². The molecule has 3 aromatic rings. The van der Waals surface area contributed by atoms with Crippen LogP contribution in [-0.2, 0) is 17.8 Å². The van der Waals surface area contributed by atoms with E-state index >= 15 is 0 Å². The number of hydrogen-bond acceptors (Lipinski definition) is 5. The molecule has 7 rings (SSSR count). The van der Waals surface area contributed by atoms with Gasteiger partial charge < -0.3 is 14.0 Å². The van der Waals surface area contributed by atoms with Crippen LogP contribution >= 0.6 is 0 Å². The Kier molecular flexibility index (Phi) is 4.06. The van der Waals surface area contributed by atoms with Crippen molar-refractivity contribution in [1.82, 2.24) is 9.55 Å². The lowest BCUT2D eigenvalue weighted by Gasteiger charge is -2.25. The fraction of sp³-hybridized carbons (Fsp3) is 0.407. The van der Waals surface area contributed by atoms with E-state index in [9.17, 15) is 9.59 Å². The molecule has 1 saturated carbocycles. The van der Waals surface area contributed by atoms with Crippen LogP contribution in [0, 0.1) is 5.92 Å². The van der Waals surface area contributed by atoms with E-state index in [0.29, 0.717) is 24.4 Å². The smallest absolute Gasteiger partial charge is 0.255 e. The average molecular weight is 442 g/mol. The molecule has 1 radical (unpaired) electrons. The van der Waals surface area contributed by atoms with Crippen LogP contribution in [0.15, 0.2) is 23.0 Å². The highest BCUT2D eigenvalue weighted by atomic mass is 16.7. The maximum atomic E-state index is 13.5. The van der Waals surface area contributed by atoms with Crippen LogP contribution in [-0.4, -0.2) is 22.1 Å². The lowest BCUT2D eigenvalue weighted by atomic mass is 9.80. The average Bonchev–Trinajstić information content (AvgIpc) is 3.52. The van der Waals surface area contributed by atoms with Gasteiger partial charge in [-0.15, -0.1) is 0 Å². The molecule has 1 aromatic carbocycles. The second-order valence-corrected chi connectivity index (χ2v) is 9.66. The van der Waals surface area contributed by atoms with Crippen LogP contribution < -0.4 is 15.0 Å². The molecule has 0 N–H and O–H groups in total. The van der Waals surface area contributed by atoms with Crippen molar-refractivity contribution in [3.63, 3.8) is 0 Å². The van der Waals surface area contributed by atoms with Crippen LogP contribution in [0.1, 0.15) is 73.6 Å². The van der Waals surface area contributed by atoms with Crippen molar-refractivity contribution < 1.29 is 14.3 Å².